The average Bonchev–Trinajstić information content (AvgIpc) is 2.91. The molecule has 0 saturated carbocycles. The Hall–Kier alpha value is -2.28. The molecular formula is C17H20N6S. The topological polar surface area (TPSA) is 66.8 Å². The fraction of sp³-hybridized carbons (Fsp3) is 0.412. The van der Waals surface area contributed by atoms with Gasteiger partial charge in [-0.1, -0.05) is 0 Å². The smallest absolute Gasteiger partial charge is 0.225 e. The lowest BCUT2D eigenvalue weighted by Gasteiger charge is -2.33. The minimum absolute atomic E-state index is 0.334. The molecule has 3 aromatic rings. The number of rotatable bonds is 3. The van der Waals surface area contributed by atoms with Crippen molar-refractivity contribution in [3.8, 4) is 0 Å². The van der Waals surface area contributed by atoms with Gasteiger partial charge in [-0.25, -0.2) is 19.9 Å². The molecule has 1 aliphatic rings. The first kappa shape index (κ1) is 15.3. The van der Waals surface area contributed by atoms with Gasteiger partial charge in [0.05, 0.1) is 5.39 Å². The normalized spacial score (nSPS) is 18.1. The van der Waals surface area contributed by atoms with Crippen molar-refractivity contribution in [1.82, 2.24) is 19.9 Å². The molecular weight excluding hydrogens is 320 g/mol. The standard InChI is InChI=1S/C17H20N6S/c1-11-12(2)24-16-14(11)15(20-10-21-16)22-13-5-3-8-23(9-13)17-18-6-4-7-19-17/h4,6-7,10,13H,3,5,8-9H2,1-2H3,(H,20,21,22)/t13-/m0/s1. The van der Waals surface area contributed by atoms with E-state index in [1.54, 1.807) is 30.1 Å². The number of aryl methyl sites for hydroxylation is 2. The van der Waals surface area contributed by atoms with Gasteiger partial charge in [-0.2, -0.15) is 0 Å². The number of hydrogen-bond acceptors (Lipinski definition) is 7. The largest absolute Gasteiger partial charge is 0.365 e. The van der Waals surface area contributed by atoms with Crippen molar-refractivity contribution in [1.29, 1.82) is 0 Å². The van der Waals surface area contributed by atoms with Crippen LogP contribution in [-0.4, -0.2) is 39.1 Å². The Morgan fingerprint density at radius 3 is 2.83 bits per heavy atom. The van der Waals surface area contributed by atoms with Crippen molar-refractivity contribution in [2.75, 3.05) is 23.3 Å². The lowest BCUT2D eigenvalue weighted by Crippen LogP contribution is -2.43. The molecule has 1 atom stereocenters. The van der Waals surface area contributed by atoms with Gasteiger partial charge >= 0.3 is 0 Å². The third-order valence-electron chi connectivity index (χ3n) is 4.56. The maximum atomic E-state index is 4.51. The summed E-state index contributed by atoms with van der Waals surface area (Å²) in [5.74, 6) is 1.75. The van der Waals surface area contributed by atoms with Gasteiger partial charge in [0.25, 0.3) is 0 Å². The molecule has 7 heteroatoms. The molecule has 4 heterocycles. The number of nitrogens with one attached hydrogen (secondary N) is 1. The number of fused-ring (bicyclic) bond motifs is 1. The number of hydrogen-bond donors (Lipinski definition) is 1. The van der Waals surface area contributed by atoms with E-state index in [0.717, 1.165) is 47.9 Å². The Morgan fingerprint density at radius 2 is 2.00 bits per heavy atom. The fourth-order valence-corrected chi connectivity index (χ4v) is 4.21. The van der Waals surface area contributed by atoms with E-state index in [-0.39, 0.29) is 0 Å². The Morgan fingerprint density at radius 1 is 1.17 bits per heavy atom. The quantitative estimate of drug-likeness (QED) is 0.790. The van der Waals surface area contributed by atoms with E-state index in [1.807, 2.05) is 6.07 Å². The van der Waals surface area contributed by atoms with Crippen molar-refractivity contribution in [2.24, 2.45) is 0 Å². The highest BCUT2D eigenvalue weighted by atomic mass is 32.1. The summed E-state index contributed by atoms with van der Waals surface area (Å²) in [7, 11) is 0. The molecule has 1 saturated heterocycles. The Kier molecular flexibility index (Phi) is 4.02. The van der Waals surface area contributed by atoms with Gasteiger partial charge in [-0.15, -0.1) is 11.3 Å². The molecule has 1 aliphatic heterocycles. The van der Waals surface area contributed by atoms with Gasteiger partial charge in [0, 0.05) is 36.4 Å². The predicted molar refractivity (Wildman–Crippen MR) is 97.8 cm³/mol. The van der Waals surface area contributed by atoms with Gasteiger partial charge in [-0.3, -0.25) is 0 Å². The summed E-state index contributed by atoms with van der Waals surface area (Å²) in [6.45, 7) is 6.17. The van der Waals surface area contributed by atoms with Crippen LogP contribution in [-0.2, 0) is 0 Å². The van der Waals surface area contributed by atoms with E-state index in [4.69, 9.17) is 0 Å². The van der Waals surface area contributed by atoms with Crippen LogP contribution < -0.4 is 10.2 Å². The molecule has 0 radical (unpaired) electrons. The molecule has 0 aromatic carbocycles. The molecule has 0 unspecified atom stereocenters. The average molecular weight is 340 g/mol. The summed E-state index contributed by atoms with van der Waals surface area (Å²) in [4.78, 5) is 22.3. The van der Waals surface area contributed by atoms with Crippen LogP contribution in [0.15, 0.2) is 24.8 Å². The van der Waals surface area contributed by atoms with Crippen LogP contribution in [0.4, 0.5) is 11.8 Å². The fourth-order valence-electron chi connectivity index (χ4n) is 3.22. The van der Waals surface area contributed by atoms with E-state index in [2.05, 4.69) is 44.0 Å². The second-order valence-corrected chi connectivity index (χ2v) is 7.37. The second-order valence-electron chi connectivity index (χ2n) is 6.16. The molecule has 124 valence electrons. The molecule has 0 spiro atoms. The number of piperidine rings is 1. The molecule has 3 aromatic heterocycles. The lowest BCUT2D eigenvalue weighted by atomic mass is 10.1. The third kappa shape index (κ3) is 2.80. The van der Waals surface area contributed by atoms with Gasteiger partial charge in [0.15, 0.2) is 0 Å². The van der Waals surface area contributed by atoms with Crippen LogP contribution in [0.5, 0.6) is 0 Å². The van der Waals surface area contributed by atoms with Crippen LogP contribution >= 0.6 is 11.3 Å². The first-order valence-electron chi connectivity index (χ1n) is 8.21. The molecule has 0 bridgehead atoms. The van der Waals surface area contributed by atoms with E-state index in [0.29, 0.717) is 6.04 Å². The second kappa shape index (κ2) is 6.32. The number of nitrogens with zero attached hydrogens (tertiary/aromatic N) is 5. The predicted octanol–water partition coefficient (Wildman–Crippen LogP) is 3.18. The first-order valence-corrected chi connectivity index (χ1v) is 9.03. The summed E-state index contributed by atoms with van der Waals surface area (Å²) in [5, 5.41) is 4.80. The molecule has 1 fully saturated rings. The number of anilines is 2. The molecule has 24 heavy (non-hydrogen) atoms. The summed E-state index contributed by atoms with van der Waals surface area (Å²) in [5.41, 5.74) is 1.28. The van der Waals surface area contributed by atoms with Gasteiger partial charge < -0.3 is 10.2 Å². The zero-order valence-corrected chi connectivity index (χ0v) is 14.7. The zero-order valence-electron chi connectivity index (χ0n) is 13.9. The van der Waals surface area contributed by atoms with E-state index >= 15 is 0 Å². The highest BCUT2D eigenvalue weighted by Crippen LogP contribution is 2.33. The van der Waals surface area contributed by atoms with Crippen molar-refractivity contribution in [3.05, 3.63) is 35.2 Å². The molecule has 0 amide bonds. The number of thiophene rings is 1. The zero-order chi connectivity index (χ0) is 16.5. The van der Waals surface area contributed by atoms with Gasteiger partial charge in [-0.05, 0) is 38.3 Å². The van der Waals surface area contributed by atoms with Gasteiger partial charge in [0.1, 0.15) is 17.0 Å². The van der Waals surface area contributed by atoms with Crippen LogP contribution in [0.1, 0.15) is 23.3 Å². The summed E-state index contributed by atoms with van der Waals surface area (Å²) >= 11 is 1.73. The summed E-state index contributed by atoms with van der Waals surface area (Å²) in [6, 6.07) is 2.18. The van der Waals surface area contributed by atoms with Crippen molar-refractivity contribution in [2.45, 2.75) is 32.7 Å². The SMILES string of the molecule is Cc1sc2ncnc(N[C@H]3CCCN(c4ncccn4)C3)c2c1C. The molecule has 0 aliphatic carbocycles. The lowest BCUT2D eigenvalue weighted by molar-refractivity contribution is 0.522. The minimum atomic E-state index is 0.334. The van der Waals surface area contributed by atoms with E-state index < -0.39 is 0 Å². The van der Waals surface area contributed by atoms with Crippen LogP contribution in [0.25, 0.3) is 10.2 Å². The number of aromatic nitrogens is 4. The Balaban J connectivity index is 1.57. The van der Waals surface area contributed by atoms with Crippen LogP contribution in [0, 0.1) is 13.8 Å². The highest BCUT2D eigenvalue weighted by molar-refractivity contribution is 7.18. The van der Waals surface area contributed by atoms with Crippen LogP contribution in [0.3, 0.4) is 0 Å². The Labute approximate surface area is 145 Å². The molecule has 1 N–H and O–H groups in total. The Bertz CT molecular complexity index is 847. The van der Waals surface area contributed by atoms with E-state index in [9.17, 15) is 0 Å². The third-order valence-corrected chi connectivity index (χ3v) is 5.68. The maximum Gasteiger partial charge on any atom is 0.225 e. The van der Waals surface area contributed by atoms with E-state index in [1.165, 1.54) is 10.4 Å². The summed E-state index contributed by atoms with van der Waals surface area (Å²) < 4.78 is 0. The van der Waals surface area contributed by atoms with Crippen molar-refractivity contribution >= 4 is 33.3 Å². The van der Waals surface area contributed by atoms with Crippen molar-refractivity contribution < 1.29 is 0 Å². The van der Waals surface area contributed by atoms with Crippen molar-refractivity contribution in [3.63, 3.8) is 0 Å². The van der Waals surface area contributed by atoms with Gasteiger partial charge in [0.2, 0.25) is 5.95 Å². The molecule has 4 rings (SSSR count). The first-order chi connectivity index (χ1) is 11.7. The highest BCUT2D eigenvalue weighted by Gasteiger charge is 2.23. The summed E-state index contributed by atoms with van der Waals surface area (Å²) in [6.07, 6.45) is 7.49. The maximum absolute atomic E-state index is 4.51. The molecule has 6 nitrogen and oxygen atoms in total. The minimum Gasteiger partial charge on any atom is -0.365 e. The monoisotopic (exact) mass is 340 g/mol. The van der Waals surface area contributed by atoms with Crippen LogP contribution in [0.2, 0.25) is 0 Å².